The largest absolute Gasteiger partial charge is 0.422 e. The third-order valence-electron chi connectivity index (χ3n) is 2.47. The van der Waals surface area contributed by atoms with Gasteiger partial charge < -0.3 is 9.32 Å². The highest BCUT2D eigenvalue weighted by Crippen LogP contribution is 2.20. The van der Waals surface area contributed by atoms with Gasteiger partial charge in [0.25, 0.3) is 0 Å². The summed E-state index contributed by atoms with van der Waals surface area (Å²) in [5.74, 6) is 0. The molecule has 0 spiro atoms. The highest BCUT2D eigenvalue weighted by Gasteiger charge is 2.10. The second-order valence-corrected chi connectivity index (χ2v) is 4.28. The van der Waals surface area contributed by atoms with Crippen molar-refractivity contribution < 1.29 is 9.21 Å². The first-order valence-corrected chi connectivity index (χ1v) is 5.42. The van der Waals surface area contributed by atoms with E-state index in [1.807, 2.05) is 25.1 Å². The van der Waals surface area contributed by atoms with E-state index in [2.05, 4.69) is 12.6 Å². The Kier molecular flexibility index (Phi) is 2.93. The van der Waals surface area contributed by atoms with Gasteiger partial charge in [-0.05, 0) is 18.2 Å². The number of carbonyl (C=O) groups is 1. The lowest BCUT2D eigenvalue weighted by molar-refractivity contribution is 0.108. The molecule has 0 aliphatic carbocycles. The van der Waals surface area contributed by atoms with Crippen LogP contribution in [0.4, 0.5) is 5.69 Å². The molecule has 0 saturated carbocycles. The van der Waals surface area contributed by atoms with Gasteiger partial charge in [0.05, 0.1) is 0 Å². The normalized spacial score (nSPS) is 10.5. The molecule has 0 fully saturated rings. The van der Waals surface area contributed by atoms with Gasteiger partial charge in [-0.3, -0.25) is 4.79 Å². The number of thiol groups is 1. The predicted molar refractivity (Wildman–Crippen MR) is 70.1 cm³/mol. The van der Waals surface area contributed by atoms with Crippen LogP contribution in [0.5, 0.6) is 0 Å². The summed E-state index contributed by atoms with van der Waals surface area (Å²) in [5, 5.41) is 0.116. The molecule has 0 unspecified atom stereocenters. The number of fused-ring (bicyclic) bond motifs is 1. The zero-order chi connectivity index (χ0) is 12.6. The molecule has 0 saturated heterocycles. The molecular formula is C12H11NO3S. The maximum atomic E-state index is 11.5. The zero-order valence-electron chi connectivity index (χ0n) is 9.43. The summed E-state index contributed by atoms with van der Waals surface area (Å²) in [6, 6.07) is 6.93. The van der Waals surface area contributed by atoms with E-state index in [-0.39, 0.29) is 5.56 Å². The summed E-state index contributed by atoms with van der Waals surface area (Å²) in [6.45, 7) is 0. The van der Waals surface area contributed by atoms with Crippen molar-refractivity contribution in [3.63, 3.8) is 0 Å². The number of anilines is 1. The molecule has 88 valence electrons. The van der Waals surface area contributed by atoms with E-state index in [1.54, 1.807) is 12.1 Å². The number of hydrogen-bond donors (Lipinski definition) is 1. The Morgan fingerprint density at radius 1 is 1.29 bits per heavy atom. The lowest BCUT2D eigenvalue weighted by Gasteiger charge is -2.12. The van der Waals surface area contributed by atoms with Crippen LogP contribution in [-0.4, -0.2) is 19.2 Å². The van der Waals surface area contributed by atoms with Crippen LogP contribution in [0.3, 0.4) is 0 Å². The van der Waals surface area contributed by atoms with Crippen molar-refractivity contribution in [1.82, 2.24) is 0 Å². The fourth-order valence-corrected chi connectivity index (χ4v) is 1.68. The molecule has 1 heterocycles. The smallest absolute Gasteiger partial charge is 0.348 e. The maximum Gasteiger partial charge on any atom is 0.348 e. The van der Waals surface area contributed by atoms with Crippen LogP contribution in [0.1, 0.15) is 10.4 Å². The Morgan fingerprint density at radius 2 is 2.00 bits per heavy atom. The molecule has 4 nitrogen and oxygen atoms in total. The monoisotopic (exact) mass is 249 g/mol. The average Bonchev–Trinajstić information content (AvgIpc) is 2.26. The highest BCUT2D eigenvalue weighted by atomic mass is 32.1. The van der Waals surface area contributed by atoms with Gasteiger partial charge in [0.2, 0.25) is 5.12 Å². The summed E-state index contributed by atoms with van der Waals surface area (Å²) in [4.78, 5) is 24.5. The van der Waals surface area contributed by atoms with Crippen molar-refractivity contribution >= 4 is 34.4 Å². The molecule has 0 radical (unpaired) electrons. The van der Waals surface area contributed by atoms with Gasteiger partial charge in [0, 0.05) is 31.2 Å². The van der Waals surface area contributed by atoms with E-state index in [1.165, 1.54) is 6.07 Å². The molecule has 1 aromatic carbocycles. The average molecular weight is 249 g/mol. The fraction of sp³-hybridized carbons (Fsp3) is 0.167. The highest BCUT2D eigenvalue weighted by molar-refractivity contribution is 7.97. The van der Waals surface area contributed by atoms with Gasteiger partial charge in [0.1, 0.15) is 11.1 Å². The molecule has 1 aromatic heterocycles. The standard InChI is InChI=1S/C12H11NO3S/c1-13(2)8-4-3-7-5-9(12(15)17)11(14)16-10(7)6-8/h3-6H,1-2H3,(H,15,17). The van der Waals surface area contributed by atoms with E-state index in [4.69, 9.17) is 4.42 Å². The first kappa shape index (κ1) is 11.7. The molecule has 0 aliphatic heterocycles. The number of carbonyl (C=O) groups excluding carboxylic acids is 1. The lowest BCUT2D eigenvalue weighted by Crippen LogP contribution is -2.11. The van der Waals surface area contributed by atoms with E-state index in [9.17, 15) is 9.59 Å². The van der Waals surface area contributed by atoms with Crippen LogP contribution in [0.2, 0.25) is 0 Å². The van der Waals surface area contributed by atoms with Crippen molar-refractivity contribution in [2.45, 2.75) is 0 Å². The molecule has 0 aliphatic rings. The summed E-state index contributed by atoms with van der Waals surface area (Å²) in [7, 11) is 3.79. The van der Waals surface area contributed by atoms with Gasteiger partial charge in [-0.25, -0.2) is 4.79 Å². The third kappa shape index (κ3) is 2.19. The Morgan fingerprint density at radius 3 is 2.59 bits per heavy atom. The lowest BCUT2D eigenvalue weighted by atomic mass is 10.2. The Balaban J connectivity index is 2.70. The van der Waals surface area contributed by atoms with Gasteiger partial charge in [-0.15, -0.1) is 12.6 Å². The van der Waals surface area contributed by atoms with Crippen LogP contribution in [0.25, 0.3) is 11.0 Å². The predicted octanol–water partition coefficient (Wildman–Crippen LogP) is 1.93. The second kappa shape index (κ2) is 4.25. The first-order chi connectivity index (χ1) is 7.99. The van der Waals surface area contributed by atoms with Crippen molar-refractivity contribution in [2.75, 3.05) is 19.0 Å². The Labute approximate surface area is 103 Å². The number of benzene rings is 1. The van der Waals surface area contributed by atoms with Crippen LogP contribution < -0.4 is 10.5 Å². The fourth-order valence-electron chi connectivity index (χ4n) is 1.53. The number of hydrogen-bond acceptors (Lipinski definition) is 4. The molecule has 0 bridgehead atoms. The van der Waals surface area contributed by atoms with E-state index < -0.39 is 10.7 Å². The van der Waals surface area contributed by atoms with Crippen LogP contribution in [0.15, 0.2) is 33.5 Å². The zero-order valence-corrected chi connectivity index (χ0v) is 10.3. The first-order valence-electron chi connectivity index (χ1n) is 4.97. The second-order valence-electron chi connectivity index (χ2n) is 3.87. The Bertz CT molecular complexity index is 646. The number of rotatable bonds is 2. The summed E-state index contributed by atoms with van der Waals surface area (Å²) in [5.41, 5.74) is 0.678. The van der Waals surface area contributed by atoms with Gasteiger partial charge >= 0.3 is 5.63 Å². The van der Waals surface area contributed by atoms with Gasteiger partial charge in [0.15, 0.2) is 0 Å². The molecule has 5 heteroatoms. The van der Waals surface area contributed by atoms with Gasteiger partial charge in [-0.1, -0.05) is 0 Å². The quantitative estimate of drug-likeness (QED) is 0.652. The third-order valence-corrected chi connectivity index (χ3v) is 2.71. The van der Waals surface area contributed by atoms with Crippen molar-refractivity contribution in [1.29, 1.82) is 0 Å². The topological polar surface area (TPSA) is 50.5 Å². The van der Waals surface area contributed by atoms with Crippen LogP contribution >= 0.6 is 12.6 Å². The van der Waals surface area contributed by atoms with Crippen molar-refractivity contribution in [2.24, 2.45) is 0 Å². The summed E-state index contributed by atoms with van der Waals surface area (Å²) in [6.07, 6.45) is 0. The maximum absolute atomic E-state index is 11.5. The van der Waals surface area contributed by atoms with Gasteiger partial charge in [-0.2, -0.15) is 0 Å². The molecular weight excluding hydrogens is 238 g/mol. The van der Waals surface area contributed by atoms with E-state index >= 15 is 0 Å². The van der Waals surface area contributed by atoms with Crippen LogP contribution in [-0.2, 0) is 0 Å². The van der Waals surface area contributed by atoms with Crippen molar-refractivity contribution in [3.05, 3.63) is 40.2 Å². The minimum Gasteiger partial charge on any atom is -0.422 e. The molecule has 0 N–H and O–H groups in total. The van der Waals surface area contributed by atoms with E-state index in [0.717, 1.165) is 5.69 Å². The minimum absolute atomic E-state index is 0.0431. The van der Waals surface area contributed by atoms with E-state index in [0.29, 0.717) is 11.0 Å². The SMILES string of the molecule is CN(C)c1ccc2cc(C(=O)S)c(=O)oc2c1. The Hall–Kier alpha value is -1.75. The molecule has 2 rings (SSSR count). The molecule has 17 heavy (non-hydrogen) atoms. The van der Waals surface area contributed by atoms with Crippen molar-refractivity contribution in [3.8, 4) is 0 Å². The summed E-state index contributed by atoms with van der Waals surface area (Å²) >= 11 is 3.63. The molecule has 0 atom stereocenters. The number of nitrogens with zero attached hydrogens (tertiary/aromatic N) is 1. The summed E-state index contributed by atoms with van der Waals surface area (Å²) < 4.78 is 5.09. The molecule has 2 aromatic rings. The minimum atomic E-state index is -0.659. The van der Waals surface area contributed by atoms with Crippen LogP contribution in [0, 0.1) is 0 Å². The molecule has 0 amide bonds.